The van der Waals surface area contributed by atoms with Crippen LogP contribution >= 0.6 is 0 Å². The summed E-state index contributed by atoms with van der Waals surface area (Å²) in [5.41, 5.74) is -0.412. The number of esters is 2. The minimum Gasteiger partial charge on any atom is -0.468 e. The Bertz CT molecular complexity index is 535. The average molecular weight is 308 g/mol. The van der Waals surface area contributed by atoms with Gasteiger partial charge in [-0.2, -0.15) is 0 Å². The third kappa shape index (κ3) is 1.69. The van der Waals surface area contributed by atoms with Crippen molar-refractivity contribution in [3.63, 3.8) is 0 Å². The topological polar surface area (TPSA) is 61.8 Å². The van der Waals surface area contributed by atoms with Crippen LogP contribution in [0.5, 0.6) is 0 Å². The highest BCUT2D eigenvalue weighted by atomic mass is 16.5. The summed E-state index contributed by atoms with van der Waals surface area (Å²) in [7, 11) is 2.65. The van der Waals surface area contributed by atoms with Gasteiger partial charge in [0.15, 0.2) is 5.41 Å². The van der Waals surface area contributed by atoms with Crippen molar-refractivity contribution < 1.29 is 23.8 Å². The van der Waals surface area contributed by atoms with E-state index in [1.165, 1.54) is 14.2 Å². The number of fused-ring (bicyclic) bond motifs is 3. The van der Waals surface area contributed by atoms with Gasteiger partial charge >= 0.3 is 11.9 Å². The van der Waals surface area contributed by atoms with E-state index in [1.54, 1.807) is 0 Å². The Morgan fingerprint density at radius 2 is 1.91 bits per heavy atom. The molecule has 5 nitrogen and oxygen atoms in total. The zero-order chi connectivity index (χ0) is 16.2. The predicted octanol–water partition coefficient (Wildman–Crippen LogP) is 2.24. The fourth-order valence-corrected chi connectivity index (χ4v) is 5.04. The molecule has 3 atom stereocenters. The lowest BCUT2D eigenvalue weighted by molar-refractivity contribution is -0.172. The Hall–Kier alpha value is -1.36. The molecule has 22 heavy (non-hydrogen) atoms. The van der Waals surface area contributed by atoms with Gasteiger partial charge in [0.1, 0.15) is 0 Å². The minimum atomic E-state index is -1.20. The molecule has 0 heterocycles. The van der Waals surface area contributed by atoms with Crippen LogP contribution in [0.25, 0.3) is 0 Å². The molecule has 2 saturated carbocycles. The van der Waals surface area contributed by atoms with Gasteiger partial charge in [-0.3, -0.25) is 9.59 Å². The molecule has 0 unspecified atom stereocenters. The molecule has 0 spiro atoms. The van der Waals surface area contributed by atoms with Gasteiger partial charge < -0.3 is 14.2 Å². The Kier molecular flexibility index (Phi) is 3.40. The molecule has 0 aromatic heterocycles. The Morgan fingerprint density at radius 1 is 1.27 bits per heavy atom. The average Bonchev–Trinajstić information content (AvgIpc) is 2.84. The smallest absolute Gasteiger partial charge is 0.323 e. The van der Waals surface area contributed by atoms with E-state index in [2.05, 4.69) is 13.0 Å². The standard InChI is InChI=1S/C17H24O5/c1-5-22-17-7-6-12(17)15(2)10-16(13(18)20-3,14(19)21-4)8-11(15)9-17/h9,12H,5-8,10H2,1-4H3/t12-,15-,17-/m0/s1. The van der Waals surface area contributed by atoms with Crippen LogP contribution in [0.4, 0.5) is 0 Å². The molecule has 5 heteroatoms. The molecule has 0 saturated heterocycles. The molecule has 0 radical (unpaired) electrons. The maximum absolute atomic E-state index is 12.3. The van der Waals surface area contributed by atoms with Crippen molar-refractivity contribution in [2.75, 3.05) is 20.8 Å². The van der Waals surface area contributed by atoms with Crippen LogP contribution in [-0.2, 0) is 23.8 Å². The molecular formula is C17H24O5. The van der Waals surface area contributed by atoms with E-state index in [9.17, 15) is 9.59 Å². The van der Waals surface area contributed by atoms with Crippen molar-refractivity contribution in [2.24, 2.45) is 16.7 Å². The summed E-state index contributed by atoms with van der Waals surface area (Å²) in [5, 5.41) is 0. The summed E-state index contributed by atoms with van der Waals surface area (Å²) < 4.78 is 15.9. The van der Waals surface area contributed by atoms with Crippen LogP contribution < -0.4 is 0 Å². The van der Waals surface area contributed by atoms with Crippen molar-refractivity contribution in [1.82, 2.24) is 0 Å². The molecule has 0 amide bonds. The number of carbonyl (C=O) groups excluding carboxylic acids is 2. The molecule has 122 valence electrons. The second-order valence-electron chi connectivity index (χ2n) is 6.99. The van der Waals surface area contributed by atoms with Gasteiger partial charge in [-0.05, 0) is 38.0 Å². The first-order valence-electron chi connectivity index (χ1n) is 7.91. The molecule has 2 fully saturated rings. The van der Waals surface area contributed by atoms with Crippen LogP contribution in [-0.4, -0.2) is 38.4 Å². The SMILES string of the molecule is CCO[C@@]12C=C3CC(C(=O)OC)(C(=O)OC)C[C@]3(C)[C@@H]1CC2. The van der Waals surface area contributed by atoms with E-state index in [0.29, 0.717) is 25.4 Å². The fourth-order valence-electron chi connectivity index (χ4n) is 5.04. The lowest BCUT2D eigenvalue weighted by atomic mass is 9.59. The summed E-state index contributed by atoms with van der Waals surface area (Å²) >= 11 is 0. The van der Waals surface area contributed by atoms with E-state index in [-0.39, 0.29) is 11.0 Å². The van der Waals surface area contributed by atoms with E-state index in [1.807, 2.05) is 6.92 Å². The van der Waals surface area contributed by atoms with Crippen molar-refractivity contribution in [2.45, 2.75) is 45.1 Å². The zero-order valence-corrected chi connectivity index (χ0v) is 13.7. The zero-order valence-electron chi connectivity index (χ0n) is 13.7. The quantitative estimate of drug-likeness (QED) is 0.453. The summed E-state index contributed by atoms with van der Waals surface area (Å²) in [5.74, 6) is -0.638. The molecule has 0 bridgehead atoms. The van der Waals surface area contributed by atoms with E-state index < -0.39 is 17.4 Å². The lowest BCUT2D eigenvalue weighted by Crippen LogP contribution is -2.52. The minimum absolute atomic E-state index is 0.183. The Labute approximate surface area is 131 Å². The lowest BCUT2D eigenvalue weighted by Gasteiger charge is -2.50. The molecular weight excluding hydrogens is 284 g/mol. The number of hydrogen-bond acceptors (Lipinski definition) is 5. The number of carbonyl (C=O) groups is 2. The van der Waals surface area contributed by atoms with Crippen LogP contribution in [0.3, 0.4) is 0 Å². The molecule has 0 aromatic rings. The third-order valence-electron chi connectivity index (χ3n) is 6.06. The van der Waals surface area contributed by atoms with E-state index >= 15 is 0 Å². The van der Waals surface area contributed by atoms with Gasteiger partial charge in [0.05, 0.1) is 19.8 Å². The van der Waals surface area contributed by atoms with Crippen LogP contribution in [0.15, 0.2) is 11.6 Å². The number of ether oxygens (including phenoxy) is 3. The molecule has 3 aliphatic rings. The number of hydrogen-bond donors (Lipinski definition) is 0. The van der Waals surface area contributed by atoms with Gasteiger partial charge in [0, 0.05) is 12.5 Å². The van der Waals surface area contributed by atoms with Crippen LogP contribution in [0.2, 0.25) is 0 Å². The first-order valence-corrected chi connectivity index (χ1v) is 7.91. The summed E-state index contributed by atoms with van der Waals surface area (Å²) in [6, 6.07) is 0. The van der Waals surface area contributed by atoms with Crippen LogP contribution in [0.1, 0.15) is 39.5 Å². The third-order valence-corrected chi connectivity index (χ3v) is 6.06. The predicted molar refractivity (Wildman–Crippen MR) is 79.0 cm³/mol. The maximum atomic E-state index is 12.3. The second kappa shape index (κ2) is 4.82. The Balaban J connectivity index is 2.00. The highest BCUT2D eigenvalue weighted by Crippen LogP contribution is 2.69. The van der Waals surface area contributed by atoms with Crippen molar-refractivity contribution in [3.8, 4) is 0 Å². The molecule has 3 rings (SSSR count). The van der Waals surface area contributed by atoms with Crippen molar-refractivity contribution in [1.29, 1.82) is 0 Å². The van der Waals surface area contributed by atoms with Gasteiger partial charge in [0.25, 0.3) is 0 Å². The molecule has 0 aromatic carbocycles. The number of allylic oxidation sites excluding steroid dienone is 1. The number of methoxy groups -OCH3 is 2. The van der Waals surface area contributed by atoms with Crippen molar-refractivity contribution >= 4 is 11.9 Å². The highest BCUT2D eigenvalue weighted by molar-refractivity contribution is 6.01. The Morgan fingerprint density at radius 3 is 2.36 bits per heavy atom. The summed E-state index contributed by atoms with van der Waals surface area (Å²) in [4.78, 5) is 24.7. The summed E-state index contributed by atoms with van der Waals surface area (Å²) in [6.07, 6.45) is 5.10. The van der Waals surface area contributed by atoms with Crippen LogP contribution in [0, 0.1) is 16.7 Å². The van der Waals surface area contributed by atoms with Gasteiger partial charge in [-0.15, -0.1) is 0 Å². The first kappa shape index (κ1) is 15.5. The normalized spacial score (nSPS) is 37.6. The van der Waals surface area contributed by atoms with Gasteiger partial charge in [-0.1, -0.05) is 18.6 Å². The number of rotatable bonds is 4. The first-order chi connectivity index (χ1) is 10.4. The highest BCUT2D eigenvalue weighted by Gasteiger charge is 2.69. The van der Waals surface area contributed by atoms with E-state index in [0.717, 1.165) is 18.4 Å². The van der Waals surface area contributed by atoms with E-state index in [4.69, 9.17) is 14.2 Å². The second-order valence-corrected chi connectivity index (χ2v) is 6.99. The van der Waals surface area contributed by atoms with Crippen molar-refractivity contribution in [3.05, 3.63) is 11.6 Å². The largest absolute Gasteiger partial charge is 0.468 e. The molecule has 0 N–H and O–H groups in total. The summed E-state index contributed by atoms with van der Waals surface area (Å²) in [6.45, 7) is 4.83. The monoisotopic (exact) mass is 308 g/mol. The molecule has 0 aliphatic heterocycles. The molecule has 3 aliphatic carbocycles. The van der Waals surface area contributed by atoms with Gasteiger partial charge in [0.2, 0.25) is 0 Å². The fraction of sp³-hybridized carbons (Fsp3) is 0.765. The van der Waals surface area contributed by atoms with Gasteiger partial charge in [-0.25, -0.2) is 0 Å². The maximum Gasteiger partial charge on any atom is 0.323 e.